The van der Waals surface area contributed by atoms with Gasteiger partial charge in [-0.25, -0.2) is 14.4 Å². The number of nitrogens with zero attached hydrogens (tertiary/aromatic N) is 3. The first-order valence-corrected chi connectivity index (χ1v) is 10.6. The molecule has 1 saturated carbocycles. The van der Waals surface area contributed by atoms with Crippen LogP contribution in [0.25, 0.3) is 22.1 Å². The maximum absolute atomic E-state index is 13.0. The molecule has 1 aromatic carbocycles. The zero-order valence-corrected chi connectivity index (χ0v) is 17.0. The summed E-state index contributed by atoms with van der Waals surface area (Å²) in [5.74, 6) is 1.74. The van der Waals surface area contributed by atoms with Crippen molar-refractivity contribution in [1.29, 1.82) is 0 Å². The van der Waals surface area contributed by atoms with Crippen LogP contribution >= 0.6 is 0 Å². The molecule has 0 radical (unpaired) electrons. The van der Waals surface area contributed by atoms with Gasteiger partial charge in [-0.3, -0.25) is 9.69 Å². The average molecular weight is 408 g/mol. The second kappa shape index (κ2) is 7.80. The molecule has 1 N–H and O–H groups in total. The number of aryl methyl sites for hydroxylation is 1. The molecular formula is C23H25FN4O2. The fraction of sp³-hybridized carbons (Fsp3) is 0.435. The number of halogens is 1. The predicted octanol–water partition coefficient (Wildman–Crippen LogP) is 4.35. The molecule has 1 saturated heterocycles. The van der Waals surface area contributed by atoms with E-state index in [1.54, 1.807) is 12.4 Å². The fourth-order valence-electron chi connectivity index (χ4n) is 4.63. The van der Waals surface area contributed by atoms with Gasteiger partial charge in [0.25, 0.3) is 0 Å². The van der Waals surface area contributed by atoms with Crippen LogP contribution < -0.4 is 5.32 Å². The Bertz CT molecular complexity index is 1080. The third kappa shape index (κ3) is 3.69. The lowest BCUT2D eigenvalue weighted by molar-refractivity contribution is -0.122. The minimum atomic E-state index is -0.329. The fourth-order valence-corrected chi connectivity index (χ4v) is 4.63. The van der Waals surface area contributed by atoms with Gasteiger partial charge in [0.15, 0.2) is 11.7 Å². The Morgan fingerprint density at radius 1 is 1.20 bits per heavy atom. The summed E-state index contributed by atoms with van der Waals surface area (Å²) >= 11 is 0. The summed E-state index contributed by atoms with van der Waals surface area (Å²) < 4.78 is 18.6. The number of anilines is 1. The Balaban J connectivity index is 1.35. The van der Waals surface area contributed by atoms with Crippen molar-refractivity contribution >= 4 is 22.5 Å². The van der Waals surface area contributed by atoms with Crippen molar-refractivity contribution in [3.05, 3.63) is 42.5 Å². The third-order valence-electron chi connectivity index (χ3n) is 6.31. The molecule has 1 amide bonds. The molecule has 2 aliphatic rings. The standard InChI is InChI=1S/C23H25FN4O2/c1-14-25-12-21(30-14)15-6-7-16-11-26-22(9-17(16)8-15)27-23(29)19-4-2-3-5-20(19)28-13-18(28)10-24/h6-9,11-12,18-20H,2-5,10,13H2,1H3,(H,26,27,29). The SMILES string of the molecule is Cc1ncc(-c2ccc3cnc(NC(=O)C4CCCCC4N4CC4CF)cc3c2)o1. The predicted molar refractivity (Wildman–Crippen MR) is 113 cm³/mol. The first kappa shape index (κ1) is 19.2. The number of hydrogen-bond donors (Lipinski definition) is 1. The molecule has 1 aliphatic carbocycles. The Kier molecular flexibility index (Phi) is 4.98. The molecule has 0 spiro atoms. The third-order valence-corrected chi connectivity index (χ3v) is 6.31. The highest BCUT2D eigenvalue weighted by Crippen LogP contribution is 2.36. The molecule has 3 aromatic rings. The van der Waals surface area contributed by atoms with Crippen LogP contribution in [0.2, 0.25) is 0 Å². The molecule has 1 aliphatic heterocycles. The number of pyridine rings is 1. The number of nitrogens with one attached hydrogen (secondary N) is 1. The second-order valence-corrected chi connectivity index (χ2v) is 8.33. The first-order valence-electron chi connectivity index (χ1n) is 10.6. The normalized spacial score (nSPS) is 25.9. The molecule has 2 aromatic heterocycles. The highest BCUT2D eigenvalue weighted by Gasteiger charge is 2.45. The minimum Gasteiger partial charge on any atom is -0.441 e. The van der Waals surface area contributed by atoms with E-state index in [0.29, 0.717) is 17.5 Å². The number of rotatable bonds is 5. The van der Waals surface area contributed by atoms with Crippen molar-refractivity contribution in [3.63, 3.8) is 0 Å². The number of amides is 1. The van der Waals surface area contributed by atoms with E-state index in [2.05, 4.69) is 20.2 Å². The Hall–Kier alpha value is -2.80. The van der Waals surface area contributed by atoms with Crippen molar-refractivity contribution in [3.8, 4) is 11.3 Å². The number of hydrogen-bond acceptors (Lipinski definition) is 5. The lowest BCUT2D eigenvalue weighted by Gasteiger charge is -2.32. The molecule has 7 heteroatoms. The van der Waals surface area contributed by atoms with Crippen LogP contribution in [0.4, 0.5) is 10.2 Å². The quantitative estimate of drug-likeness (QED) is 0.636. The van der Waals surface area contributed by atoms with Crippen LogP contribution in [0.1, 0.15) is 31.6 Å². The zero-order chi connectivity index (χ0) is 20.7. The van der Waals surface area contributed by atoms with Crippen molar-refractivity contribution < 1.29 is 13.6 Å². The highest BCUT2D eigenvalue weighted by atomic mass is 19.1. The van der Waals surface area contributed by atoms with Gasteiger partial charge >= 0.3 is 0 Å². The number of benzene rings is 1. The number of carbonyl (C=O) groups excluding carboxylic acids is 1. The van der Waals surface area contributed by atoms with Gasteiger partial charge in [-0.05, 0) is 30.4 Å². The number of carbonyl (C=O) groups is 1. The highest BCUT2D eigenvalue weighted by molar-refractivity contribution is 5.95. The Morgan fingerprint density at radius 3 is 2.83 bits per heavy atom. The monoisotopic (exact) mass is 408 g/mol. The lowest BCUT2D eigenvalue weighted by Crippen LogP contribution is -2.40. The second-order valence-electron chi connectivity index (χ2n) is 8.33. The molecule has 156 valence electrons. The molecular weight excluding hydrogens is 383 g/mol. The van der Waals surface area contributed by atoms with E-state index in [1.165, 1.54) is 0 Å². The zero-order valence-electron chi connectivity index (χ0n) is 17.0. The van der Waals surface area contributed by atoms with E-state index in [0.717, 1.165) is 48.6 Å². The summed E-state index contributed by atoms with van der Waals surface area (Å²) in [6.45, 7) is 2.25. The Labute approximate surface area is 174 Å². The van der Waals surface area contributed by atoms with Gasteiger partial charge in [0.1, 0.15) is 12.5 Å². The summed E-state index contributed by atoms with van der Waals surface area (Å²) in [7, 11) is 0. The van der Waals surface area contributed by atoms with Gasteiger partial charge < -0.3 is 9.73 Å². The van der Waals surface area contributed by atoms with E-state index in [-0.39, 0.29) is 30.6 Å². The smallest absolute Gasteiger partial charge is 0.230 e. The largest absolute Gasteiger partial charge is 0.441 e. The summed E-state index contributed by atoms with van der Waals surface area (Å²) in [6, 6.07) is 7.99. The molecule has 3 heterocycles. The van der Waals surface area contributed by atoms with Crippen molar-refractivity contribution in [2.24, 2.45) is 5.92 Å². The molecule has 0 bridgehead atoms. The van der Waals surface area contributed by atoms with Crippen molar-refractivity contribution in [1.82, 2.24) is 14.9 Å². The van der Waals surface area contributed by atoms with E-state index >= 15 is 0 Å². The van der Waals surface area contributed by atoms with Gasteiger partial charge in [0.2, 0.25) is 5.91 Å². The molecule has 4 atom stereocenters. The van der Waals surface area contributed by atoms with Crippen LogP contribution in [0.15, 0.2) is 41.1 Å². The number of alkyl halides is 1. The summed E-state index contributed by atoms with van der Waals surface area (Å²) in [4.78, 5) is 23.8. The van der Waals surface area contributed by atoms with Gasteiger partial charge in [-0.15, -0.1) is 0 Å². The molecule has 2 fully saturated rings. The topological polar surface area (TPSA) is 71.0 Å². The molecule has 5 rings (SSSR count). The van der Waals surface area contributed by atoms with E-state index < -0.39 is 0 Å². The van der Waals surface area contributed by atoms with Gasteiger partial charge in [0, 0.05) is 36.7 Å². The number of aromatic nitrogens is 2. The first-order chi connectivity index (χ1) is 14.6. The molecule has 4 unspecified atom stereocenters. The maximum Gasteiger partial charge on any atom is 0.230 e. The van der Waals surface area contributed by atoms with E-state index in [1.807, 2.05) is 31.2 Å². The van der Waals surface area contributed by atoms with Crippen molar-refractivity contribution in [2.75, 3.05) is 18.5 Å². The lowest BCUT2D eigenvalue weighted by atomic mass is 9.83. The molecule has 6 nitrogen and oxygen atoms in total. The number of fused-ring (bicyclic) bond motifs is 1. The van der Waals surface area contributed by atoms with Gasteiger partial charge in [-0.2, -0.15) is 0 Å². The Morgan fingerprint density at radius 2 is 2.07 bits per heavy atom. The molecule has 30 heavy (non-hydrogen) atoms. The minimum absolute atomic E-state index is 0.000317. The van der Waals surface area contributed by atoms with E-state index in [9.17, 15) is 9.18 Å². The van der Waals surface area contributed by atoms with Gasteiger partial charge in [0.05, 0.1) is 18.2 Å². The average Bonchev–Trinajstić information content (AvgIpc) is 3.44. The number of oxazole rings is 1. The van der Waals surface area contributed by atoms with Crippen molar-refractivity contribution in [2.45, 2.75) is 44.7 Å². The summed E-state index contributed by atoms with van der Waals surface area (Å²) in [6.07, 6.45) is 7.41. The van der Waals surface area contributed by atoms with Crippen LogP contribution in [-0.2, 0) is 4.79 Å². The van der Waals surface area contributed by atoms with E-state index in [4.69, 9.17) is 4.42 Å². The maximum atomic E-state index is 13.0. The van der Waals surface area contributed by atoms with Crippen LogP contribution in [0.3, 0.4) is 0 Å². The van der Waals surface area contributed by atoms with Crippen LogP contribution in [0.5, 0.6) is 0 Å². The summed E-state index contributed by atoms with van der Waals surface area (Å²) in [5, 5.41) is 4.96. The van der Waals surface area contributed by atoms with Crippen LogP contribution in [0, 0.1) is 12.8 Å². The summed E-state index contributed by atoms with van der Waals surface area (Å²) in [5.41, 5.74) is 0.928. The van der Waals surface area contributed by atoms with Crippen LogP contribution in [-0.4, -0.2) is 46.1 Å². The van der Waals surface area contributed by atoms with Gasteiger partial charge in [-0.1, -0.05) is 25.0 Å².